The number of fused-ring (bicyclic) bond motifs is 1. The molecule has 0 aromatic heterocycles. The molecule has 2 heterocycles. The molecule has 1 aromatic rings. The number of aliphatic hydroxyl groups is 1. The Labute approximate surface area is 124 Å². The van der Waals surface area contributed by atoms with E-state index >= 15 is 0 Å². The average Bonchev–Trinajstić information content (AvgIpc) is 3.09. The summed E-state index contributed by atoms with van der Waals surface area (Å²) in [5.41, 5.74) is 1.51. The molecule has 0 amide bonds. The van der Waals surface area contributed by atoms with Crippen molar-refractivity contribution in [3.8, 4) is 0 Å². The van der Waals surface area contributed by atoms with E-state index in [0.29, 0.717) is 18.0 Å². The summed E-state index contributed by atoms with van der Waals surface area (Å²) >= 11 is 2.00. The van der Waals surface area contributed by atoms with Gasteiger partial charge < -0.3 is 9.84 Å². The summed E-state index contributed by atoms with van der Waals surface area (Å²) in [4.78, 5) is 1.44. The molecule has 2 nitrogen and oxygen atoms in total. The second-order valence-electron chi connectivity index (χ2n) is 6.66. The monoisotopic (exact) mass is 290 g/mol. The van der Waals surface area contributed by atoms with E-state index in [-0.39, 0.29) is 5.41 Å². The molecule has 0 radical (unpaired) electrons. The standard InChI is InChI=1S/C17H22O2S/c18-11-17(7-8-19-16(17)12-5-6-12)10-14-9-13-3-1-2-4-15(13)20-14/h1-4,12,14,16,18H,5-11H2. The van der Waals surface area contributed by atoms with Gasteiger partial charge in [-0.05, 0) is 49.7 Å². The van der Waals surface area contributed by atoms with Crippen LogP contribution in [-0.4, -0.2) is 29.7 Å². The van der Waals surface area contributed by atoms with Crippen LogP contribution in [0.5, 0.6) is 0 Å². The Morgan fingerprint density at radius 2 is 2.15 bits per heavy atom. The molecule has 1 aromatic carbocycles. The number of thioether (sulfide) groups is 1. The first kappa shape index (κ1) is 13.2. The highest BCUT2D eigenvalue weighted by Crippen LogP contribution is 2.52. The van der Waals surface area contributed by atoms with Crippen molar-refractivity contribution >= 4 is 11.8 Å². The van der Waals surface area contributed by atoms with Crippen LogP contribution in [0.3, 0.4) is 0 Å². The summed E-state index contributed by atoms with van der Waals surface area (Å²) in [5, 5.41) is 10.7. The van der Waals surface area contributed by atoms with Crippen molar-refractivity contribution in [2.45, 2.75) is 48.4 Å². The minimum Gasteiger partial charge on any atom is -0.396 e. The van der Waals surface area contributed by atoms with Crippen LogP contribution in [-0.2, 0) is 11.2 Å². The first-order valence-electron chi connectivity index (χ1n) is 7.78. The second kappa shape index (κ2) is 5.04. The zero-order valence-electron chi connectivity index (χ0n) is 11.8. The molecule has 4 rings (SSSR count). The largest absolute Gasteiger partial charge is 0.396 e. The quantitative estimate of drug-likeness (QED) is 0.923. The van der Waals surface area contributed by atoms with Crippen molar-refractivity contribution in [3.05, 3.63) is 29.8 Å². The Hall–Kier alpha value is -0.510. The molecular formula is C17H22O2S. The van der Waals surface area contributed by atoms with Crippen LogP contribution in [0.2, 0.25) is 0 Å². The molecule has 1 aliphatic carbocycles. The van der Waals surface area contributed by atoms with Crippen LogP contribution in [0.1, 0.15) is 31.2 Å². The highest BCUT2D eigenvalue weighted by Gasteiger charge is 2.51. The number of benzene rings is 1. The molecule has 3 unspecified atom stereocenters. The minimum atomic E-state index is 0.0286. The Morgan fingerprint density at radius 1 is 1.30 bits per heavy atom. The van der Waals surface area contributed by atoms with Gasteiger partial charge in [-0.3, -0.25) is 0 Å². The summed E-state index contributed by atoms with van der Waals surface area (Å²) in [6, 6.07) is 8.74. The van der Waals surface area contributed by atoms with Gasteiger partial charge in [0.1, 0.15) is 0 Å². The van der Waals surface area contributed by atoms with Gasteiger partial charge in [0.2, 0.25) is 0 Å². The van der Waals surface area contributed by atoms with Gasteiger partial charge in [-0.15, -0.1) is 11.8 Å². The van der Waals surface area contributed by atoms with E-state index in [2.05, 4.69) is 24.3 Å². The molecule has 3 heteroatoms. The normalized spacial score (nSPS) is 36.2. The topological polar surface area (TPSA) is 29.5 Å². The van der Waals surface area contributed by atoms with E-state index in [9.17, 15) is 5.11 Å². The molecule has 2 aliphatic heterocycles. The van der Waals surface area contributed by atoms with E-state index < -0.39 is 0 Å². The number of rotatable bonds is 4. The lowest BCUT2D eigenvalue weighted by molar-refractivity contribution is -0.00422. The lowest BCUT2D eigenvalue weighted by atomic mass is 9.75. The lowest BCUT2D eigenvalue weighted by Crippen LogP contribution is -2.38. The molecule has 108 valence electrons. The third-order valence-electron chi connectivity index (χ3n) is 5.21. The van der Waals surface area contributed by atoms with Gasteiger partial charge in [-0.2, -0.15) is 0 Å². The van der Waals surface area contributed by atoms with Gasteiger partial charge in [0.25, 0.3) is 0 Å². The van der Waals surface area contributed by atoms with E-state index in [4.69, 9.17) is 4.74 Å². The highest BCUT2D eigenvalue weighted by molar-refractivity contribution is 8.00. The number of aliphatic hydroxyl groups excluding tert-OH is 1. The molecule has 0 bridgehead atoms. The van der Waals surface area contributed by atoms with Gasteiger partial charge in [0, 0.05) is 22.2 Å². The second-order valence-corrected chi connectivity index (χ2v) is 8.00. The Morgan fingerprint density at radius 3 is 2.90 bits per heavy atom. The molecule has 0 spiro atoms. The summed E-state index contributed by atoms with van der Waals surface area (Å²) in [6.07, 6.45) is 6.20. The smallest absolute Gasteiger partial charge is 0.0682 e. The third-order valence-corrected chi connectivity index (χ3v) is 6.53. The Bertz CT molecular complexity index is 475. The number of hydrogen-bond donors (Lipinski definition) is 1. The van der Waals surface area contributed by atoms with Crippen LogP contribution >= 0.6 is 11.8 Å². The Balaban J connectivity index is 1.50. The summed E-state index contributed by atoms with van der Waals surface area (Å²) < 4.78 is 6.00. The fourth-order valence-corrected chi connectivity index (χ4v) is 5.51. The molecule has 2 fully saturated rings. The van der Waals surface area contributed by atoms with E-state index in [0.717, 1.165) is 31.8 Å². The molecule has 1 saturated heterocycles. The minimum absolute atomic E-state index is 0.0286. The van der Waals surface area contributed by atoms with Crippen LogP contribution in [0.4, 0.5) is 0 Å². The third kappa shape index (κ3) is 2.20. The molecular weight excluding hydrogens is 268 g/mol. The lowest BCUT2D eigenvalue weighted by Gasteiger charge is -2.34. The fraction of sp³-hybridized carbons (Fsp3) is 0.647. The van der Waals surface area contributed by atoms with E-state index in [1.54, 1.807) is 0 Å². The SMILES string of the molecule is OCC1(CC2Cc3ccccc3S2)CCOC1C1CC1. The van der Waals surface area contributed by atoms with Gasteiger partial charge in [0.15, 0.2) is 0 Å². The van der Waals surface area contributed by atoms with Gasteiger partial charge in [-0.25, -0.2) is 0 Å². The molecule has 3 aliphatic rings. The maximum absolute atomic E-state index is 10.1. The van der Waals surface area contributed by atoms with Crippen LogP contribution in [0.15, 0.2) is 29.2 Å². The van der Waals surface area contributed by atoms with Crippen molar-refractivity contribution in [2.75, 3.05) is 13.2 Å². The summed E-state index contributed by atoms with van der Waals surface area (Å²) in [6.45, 7) is 1.13. The molecule has 20 heavy (non-hydrogen) atoms. The molecule has 1 saturated carbocycles. The van der Waals surface area contributed by atoms with Crippen LogP contribution < -0.4 is 0 Å². The average molecular weight is 290 g/mol. The van der Waals surface area contributed by atoms with E-state index in [1.165, 1.54) is 23.3 Å². The maximum Gasteiger partial charge on any atom is 0.0682 e. The van der Waals surface area contributed by atoms with Crippen LogP contribution in [0, 0.1) is 11.3 Å². The maximum atomic E-state index is 10.1. The Kier molecular flexibility index (Phi) is 3.32. The van der Waals surface area contributed by atoms with Crippen molar-refractivity contribution < 1.29 is 9.84 Å². The van der Waals surface area contributed by atoms with Crippen molar-refractivity contribution in [2.24, 2.45) is 11.3 Å². The predicted molar refractivity (Wildman–Crippen MR) is 81.0 cm³/mol. The van der Waals surface area contributed by atoms with Crippen molar-refractivity contribution in [1.29, 1.82) is 0 Å². The van der Waals surface area contributed by atoms with Gasteiger partial charge in [-0.1, -0.05) is 18.2 Å². The van der Waals surface area contributed by atoms with Crippen molar-refractivity contribution in [3.63, 3.8) is 0 Å². The summed E-state index contributed by atoms with van der Waals surface area (Å²) in [5.74, 6) is 0.721. The van der Waals surface area contributed by atoms with Crippen molar-refractivity contribution in [1.82, 2.24) is 0 Å². The number of hydrogen-bond acceptors (Lipinski definition) is 3. The fourth-order valence-electron chi connectivity index (χ4n) is 4.02. The van der Waals surface area contributed by atoms with Gasteiger partial charge >= 0.3 is 0 Å². The number of ether oxygens (including phenoxy) is 1. The molecule has 3 atom stereocenters. The first-order valence-corrected chi connectivity index (χ1v) is 8.66. The first-order chi connectivity index (χ1) is 9.81. The zero-order valence-corrected chi connectivity index (χ0v) is 12.6. The van der Waals surface area contributed by atoms with Gasteiger partial charge in [0.05, 0.1) is 12.7 Å². The van der Waals surface area contributed by atoms with Crippen LogP contribution in [0.25, 0.3) is 0 Å². The zero-order chi connectivity index (χ0) is 13.6. The predicted octanol–water partition coefficient (Wildman–Crippen LogP) is 3.27. The molecule has 1 N–H and O–H groups in total. The summed E-state index contributed by atoms with van der Waals surface area (Å²) in [7, 11) is 0. The highest BCUT2D eigenvalue weighted by atomic mass is 32.2. The van der Waals surface area contributed by atoms with E-state index in [1.807, 2.05) is 11.8 Å².